The van der Waals surface area contributed by atoms with Crippen LogP contribution in [0.1, 0.15) is 50.6 Å². The number of ether oxygens (including phenoxy) is 2. The number of rotatable bonds is 13. The fourth-order valence-corrected chi connectivity index (χ4v) is 5.90. The minimum atomic E-state index is -4.89. The number of nitrogens with zero attached hydrogens (tertiary/aromatic N) is 2. The zero-order chi connectivity index (χ0) is 30.6. The van der Waals surface area contributed by atoms with Gasteiger partial charge < -0.3 is 29.9 Å². The highest BCUT2D eigenvalue weighted by Crippen LogP contribution is 2.49. The second-order valence-corrected chi connectivity index (χ2v) is 11.6. The van der Waals surface area contributed by atoms with Crippen molar-refractivity contribution in [3.63, 3.8) is 0 Å². The fourth-order valence-electron chi connectivity index (χ4n) is 4.93. The number of H-pyrrole nitrogens is 2. The summed E-state index contributed by atoms with van der Waals surface area (Å²) in [6, 6.07) is 0.198. The van der Waals surface area contributed by atoms with Crippen molar-refractivity contribution >= 4 is 7.82 Å². The molecule has 234 valence electrons. The number of aryl methyl sites for hydroxylation is 1. The van der Waals surface area contributed by atoms with Gasteiger partial charge in [-0.2, -0.15) is 0 Å². The van der Waals surface area contributed by atoms with Crippen LogP contribution < -0.4 is 27.8 Å². The van der Waals surface area contributed by atoms with Crippen LogP contribution in [-0.2, 0) is 23.1 Å². The van der Waals surface area contributed by atoms with Crippen molar-refractivity contribution < 1.29 is 38.2 Å². The molecule has 2 saturated heterocycles. The molecule has 42 heavy (non-hydrogen) atoms. The summed E-state index contributed by atoms with van der Waals surface area (Å²) in [5, 5.41) is 23.6. The monoisotopic (exact) mass is 617 g/mol. The molecule has 0 saturated carbocycles. The molecule has 2 aliphatic heterocycles. The molecule has 18 heteroatoms. The van der Waals surface area contributed by atoms with Gasteiger partial charge in [-0.05, 0) is 19.9 Å². The summed E-state index contributed by atoms with van der Waals surface area (Å²) < 4.78 is 37.3. The molecular weight excluding hydrogens is 581 g/mol. The van der Waals surface area contributed by atoms with Gasteiger partial charge in [0, 0.05) is 30.4 Å². The van der Waals surface area contributed by atoms with E-state index in [0.717, 1.165) is 34.5 Å². The summed E-state index contributed by atoms with van der Waals surface area (Å²) in [6.45, 7) is 2.71. The van der Waals surface area contributed by atoms with E-state index in [-0.39, 0.29) is 12.0 Å². The fraction of sp³-hybridized carbons (Fsp3) is 0.667. The highest BCUT2D eigenvalue weighted by Gasteiger charge is 2.49. The molecule has 2 aromatic heterocycles. The van der Waals surface area contributed by atoms with Crippen LogP contribution >= 0.6 is 7.82 Å². The minimum absolute atomic E-state index is 0.0571. The summed E-state index contributed by atoms with van der Waals surface area (Å²) in [6.07, 6.45) is -1.83. The smallest absolute Gasteiger partial charge is 0.394 e. The summed E-state index contributed by atoms with van der Waals surface area (Å²) >= 11 is 0. The van der Waals surface area contributed by atoms with Crippen LogP contribution in [0.5, 0.6) is 0 Å². The highest BCUT2D eigenvalue weighted by atomic mass is 31.2. The van der Waals surface area contributed by atoms with Crippen molar-refractivity contribution in [2.45, 2.75) is 82.4 Å². The third-order valence-corrected chi connectivity index (χ3v) is 8.11. The summed E-state index contributed by atoms with van der Waals surface area (Å²) in [4.78, 5) is 62.8. The van der Waals surface area contributed by atoms with Crippen LogP contribution in [0.25, 0.3) is 0 Å². The van der Waals surface area contributed by atoms with Gasteiger partial charge in [-0.15, -0.1) is 0 Å². The zero-order valence-corrected chi connectivity index (χ0v) is 24.0. The molecule has 6 N–H and O–H groups in total. The van der Waals surface area contributed by atoms with E-state index in [2.05, 4.69) is 15.3 Å². The first-order chi connectivity index (χ1) is 19.9. The molecule has 0 radical (unpaired) electrons. The first-order valence-electron chi connectivity index (χ1n) is 13.6. The molecule has 8 atom stereocenters. The van der Waals surface area contributed by atoms with E-state index >= 15 is 0 Å². The maximum atomic E-state index is 13.1. The van der Waals surface area contributed by atoms with Crippen molar-refractivity contribution in [1.82, 2.24) is 24.4 Å². The Morgan fingerprint density at radius 3 is 2.55 bits per heavy atom. The van der Waals surface area contributed by atoms with Crippen LogP contribution in [0.3, 0.4) is 0 Å². The predicted octanol–water partition coefficient (Wildman–Crippen LogP) is -1.42. The third kappa shape index (κ3) is 7.42. The normalized spacial score (nSPS) is 29.1. The summed E-state index contributed by atoms with van der Waals surface area (Å²) in [5.41, 5.74) is -2.47. The molecule has 4 heterocycles. The Labute approximate surface area is 238 Å². The number of hydrogen-bond acceptors (Lipinski definition) is 12. The molecule has 2 aliphatic rings. The van der Waals surface area contributed by atoms with Gasteiger partial charge in [0.15, 0.2) is 6.23 Å². The molecule has 2 aromatic rings. The number of phosphoric acid groups is 1. The van der Waals surface area contributed by atoms with Crippen LogP contribution in [-0.4, -0.2) is 84.4 Å². The number of nitrogens with one attached hydrogen (secondary N) is 3. The lowest BCUT2D eigenvalue weighted by atomic mass is 10.1. The van der Waals surface area contributed by atoms with Gasteiger partial charge in [0.25, 0.3) is 11.1 Å². The third-order valence-electron chi connectivity index (χ3n) is 7.12. The van der Waals surface area contributed by atoms with E-state index in [9.17, 15) is 38.8 Å². The molecule has 1 unspecified atom stereocenters. The maximum Gasteiger partial charge on any atom is 0.472 e. The summed E-state index contributed by atoms with van der Waals surface area (Å²) in [5.74, 6) is 0. The first kappa shape index (κ1) is 32.2. The van der Waals surface area contributed by atoms with Gasteiger partial charge in [-0.3, -0.25) is 37.7 Å². The lowest BCUT2D eigenvalue weighted by molar-refractivity contribution is -0.0576. The van der Waals surface area contributed by atoms with E-state index in [1.54, 1.807) is 0 Å². The SMILES string of the molecule is CCCCCN[C@@H]1[C@H](OP(=O)(O)OC[C@H]2O[C@@H](n3cc(C)c(=O)[nH]c3=O)C[C@@H]2O)[C@@H](CO)O[C@H]1n1ccc(=O)[nH]c1=O. The van der Waals surface area contributed by atoms with Gasteiger partial charge >= 0.3 is 19.2 Å². The zero-order valence-electron chi connectivity index (χ0n) is 23.1. The molecule has 0 aromatic carbocycles. The van der Waals surface area contributed by atoms with Crippen molar-refractivity contribution in [1.29, 1.82) is 0 Å². The minimum Gasteiger partial charge on any atom is -0.394 e. The van der Waals surface area contributed by atoms with Crippen LogP contribution in [0, 0.1) is 6.92 Å². The predicted molar refractivity (Wildman–Crippen MR) is 145 cm³/mol. The van der Waals surface area contributed by atoms with Crippen molar-refractivity contribution in [3.8, 4) is 0 Å². The number of aliphatic hydroxyl groups is 2. The molecule has 17 nitrogen and oxygen atoms in total. The van der Waals surface area contributed by atoms with E-state index in [4.69, 9.17) is 18.5 Å². The number of phosphoric ester groups is 1. The van der Waals surface area contributed by atoms with Crippen molar-refractivity contribution in [3.05, 3.63) is 65.7 Å². The molecule has 0 aliphatic carbocycles. The molecule has 0 spiro atoms. The Morgan fingerprint density at radius 2 is 1.86 bits per heavy atom. The van der Waals surface area contributed by atoms with Crippen LogP contribution in [0.4, 0.5) is 0 Å². The first-order valence-corrected chi connectivity index (χ1v) is 15.1. The van der Waals surface area contributed by atoms with E-state index in [1.807, 2.05) is 6.92 Å². The average molecular weight is 618 g/mol. The largest absolute Gasteiger partial charge is 0.472 e. The number of aromatic nitrogens is 4. The van der Waals surface area contributed by atoms with Crippen LogP contribution in [0.2, 0.25) is 0 Å². The Kier molecular flexibility index (Phi) is 10.5. The average Bonchev–Trinajstić information content (AvgIpc) is 3.46. The number of aliphatic hydroxyl groups excluding tert-OH is 2. The number of aromatic amines is 2. The Hall–Kier alpha value is -2.73. The van der Waals surface area contributed by atoms with E-state index in [1.165, 1.54) is 19.3 Å². The molecule has 0 amide bonds. The van der Waals surface area contributed by atoms with Gasteiger partial charge in [-0.1, -0.05) is 19.8 Å². The molecular formula is C24H36N5O12P. The van der Waals surface area contributed by atoms with Gasteiger partial charge in [0.1, 0.15) is 24.5 Å². The lowest BCUT2D eigenvalue weighted by Gasteiger charge is -2.27. The lowest BCUT2D eigenvalue weighted by Crippen LogP contribution is -2.47. The second-order valence-electron chi connectivity index (χ2n) is 10.2. The Bertz CT molecular complexity index is 1500. The topological polar surface area (TPSA) is 236 Å². The van der Waals surface area contributed by atoms with Crippen molar-refractivity contribution in [2.24, 2.45) is 0 Å². The van der Waals surface area contributed by atoms with E-state index in [0.29, 0.717) is 6.54 Å². The maximum absolute atomic E-state index is 13.1. The second kappa shape index (κ2) is 13.7. The number of hydrogen-bond donors (Lipinski definition) is 6. The van der Waals surface area contributed by atoms with Crippen LogP contribution in [0.15, 0.2) is 37.6 Å². The Morgan fingerprint density at radius 1 is 1.12 bits per heavy atom. The van der Waals surface area contributed by atoms with Gasteiger partial charge in [0.05, 0.1) is 25.4 Å². The highest BCUT2D eigenvalue weighted by molar-refractivity contribution is 7.47. The number of unbranched alkanes of at least 4 members (excludes halogenated alkanes) is 2. The Balaban J connectivity index is 1.47. The molecule has 2 fully saturated rings. The van der Waals surface area contributed by atoms with E-state index < -0.39 is 86.4 Å². The standard InChI is InChI=1S/C24H36N5O12P/c1-3-4-5-7-25-19-20(15(11-30)40-22(19)28-8-6-17(32)26-23(28)34)41-42(36,37)38-12-16-14(31)9-18(39-16)29-10-13(2)21(33)27-24(29)35/h6,8,10,14-16,18-20,22,25,30-31H,3-5,7,9,11-12H2,1-2H3,(H,36,37)(H,26,32,34)(H,27,33,35)/t14-,15+,16+,18+,19+,20+,22+/m0/s1. The molecule has 4 rings (SSSR count). The summed E-state index contributed by atoms with van der Waals surface area (Å²) in [7, 11) is -4.89. The van der Waals surface area contributed by atoms with Gasteiger partial charge in [0.2, 0.25) is 0 Å². The quantitative estimate of drug-likeness (QED) is 0.112. The van der Waals surface area contributed by atoms with Gasteiger partial charge in [-0.25, -0.2) is 14.2 Å². The van der Waals surface area contributed by atoms with Crippen molar-refractivity contribution in [2.75, 3.05) is 19.8 Å². The molecule has 0 bridgehead atoms.